The van der Waals surface area contributed by atoms with Gasteiger partial charge in [0.15, 0.2) is 6.29 Å². The summed E-state index contributed by atoms with van der Waals surface area (Å²) in [6.45, 7) is 4.41. The van der Waals surface area contributed by atoms with E-state index in [-0.39, 0.29) is 11.1 Å². The van der Waals surface area contributed by atoms with Gasteiger partial charge in [-0.2, -0.15) is 0 Å². The Kier molecular flexibility index (Phi) is 8.85. The molecule has 3 aromatic carbocycles. The molecule has 37 heavy (non-hydrogen) atoms. The number of hydrogen-bond acceptors (Lipinski definition) is 5. The van der Waals surface area contributed by atoms with Crippen molar-refractivity contribution in [1.82, 2.24) is 9.47 Å². The number of aryl methyl sites for hydroxylation is 1. The van der Waals surface area contributed by atoms with Crippen LogP contribution in [-0.2, 0) is 13.1 Å². The molecule has 0 radical (unpaired) electrons. The van der Waals surface area contributed by atoms with E-state index in [9.17, 15) is 9.59 Å². The van der Waals surface area contributed by atoms with Crippen molar-refractivity contribution in [1.29, 1.82) is 0 Å². The Morgan fingerprint density at radius 2 is 1.68 bits per heavy atom. The number of nitrogens with zero attached hydrogens (tertiary/aromatic N) is 3. The lowest BCUT2D eigenvalue weighted by Crippen LogP contribution is -2.26. The van der Waals surface area contributed by atoms with Crippen LogP contribution in [0.3, 0.4) is 0 Å². The molecule has 0 fully saturated rings. The summed E-state index contributed by atoms with van der Waals surface area (Å²) in [5.41, 5.74) is 5.55. The first kappa shape index (κ1) is 26.7. The van der Waals surface area contributed by atoms with Crippen LogP contribution in [0.15, 0.2) is 82.5 Å². The summed E-state index contributed by atoms with van der Waals surface area (Å²) >= 11 is 1.61. The molecule has 0 aliphatic rings. The van der Waals surface area contributed by atoms with E-state index < -0.39 is 0 Å². The van der Waals surface area contributed by atoms with Gasteiger partial charge in [0, 0.05) is 36.6 Å². The third-order valence-corrected chi connectivity index (χ3v) is 7.91. The summed E-state index contributed by atoms with van der Waals surface area (Å²) in [5.74, 6) is 0.825. The van der Waals surface area contributed by atoms with E-state index in [0.29, 0.717) is 6.54 Å². The Balaban J connectivity index is 1.59. The highest BCUT2D eigenvalue weighted by Crippen LogP contribution is 2.32. The van der Waals surface area contributed by atoms with Crippen molar-refractivity contribution in [2.45, 2.75) is 31.3 Å². The van der Waals surface area contributed by atoms with Gasteiger partial charge in [0.1, 0.15) is 0 Å². The minimum absolute atomic E-state index is 0.235. The van der Waals surface area contributed by atoms with Crippen LogP contribution < -0.4 is 10.5 Å². The molecule has 0 amide bonds. The SMILES string of the molecule is Cc1ccccc1CN(C)CCCSc1c(C=O)c(=O)n(Cc2ccccc2)c2cc(N(C)C)ccc12. The second-order valence-corrected chi connectivity index (χ2v) is 10.8. The Morgan fingerprint density at radius 3 is 2.38 bits per heavy atom. The van der Waals surface area contributed by atoms with E-state index in [0.717, 1.165) is 58.6 Å². The van der Waals surface area contributed by atoms with Crippen molar-refractivity contribution >= 4 is 34.6 Å². The zero-order valence-electron chi connectivity index (χ0n) is 22.1. The van der Waals surface area contributed by atoms with E-state index in [4.69, 9.17) is 0 Å². The van der Waals surface area contributed by atoms with Gasteiger partial charge in [0.2, 0.25) is 0 Å². The Labute approximate surface area is 223 Å². The number of aldehydes is 1. The van der Waals surface area contributed by atoms with Crippen molar-refractivity contribution < 1.29 is 4.79 Å². The second-order valence-electron chi connectivity index (χ2n) is 9.70. The topological polar surface area (TPSA) is 45.6 Å². The number of hydrogen-bond donors (Lipinski definition) is 0. The number of benzene rings is 3. The molecule has 0 bridgehead atoms. The average Bonchev–Trinajstić information content (AvgIpc) is 2.90. The van der Waals surface area contributed by atoms with Crippen molar-refractivity contribution in [3.8, 4) is 0 Å². The molecule has 6 heteroatoms. The van der Waals surface area contributed by atoms with Crippen molar-refractivity contribution in [3.63, 3.8) is 0 Å². The number of fused-ring (bicyclic) bond motifs is 1. The van der Waals surface area contributed by atoms with Crippen LogP contribution in [0.1, 0.15) is 33.5 Å². The number of pyridine rings is 1. The summed E-state index contributed by atoms with van der Waals surface area (Å²) in [7, 11) is 6.12. The molecule has 0 aliphatic heterocycles. The van der Waals surface area contributed by atoms with E-state index in [1.807, 2.05) is 67.5 Å². The molecule has 0 spiro atoms. The Bertz CT molecular complexity index is 1430. The highest BCUT2D eigenvalue weighted by atomic mass is 32.2. The van der Waals surface area contributed by atoms with Crippen LogP contribution in [0.2, 0.25) is 0 Å². The van der Waals surface area contributed by atoms with Gasteiger partial charge in [-0.3, -0.25) is 9.59 Å². The minimum atomic E-state index is -0.235. The van der Waals surface area contributed by atoms with Gasteiger partial charge in [-0.25, -0.2) is 0 Å². The summed E-state index contributed by atoms with van der Waals surface area (Å²) in [6, 6.07) is 24.5. The van der Waals surface area contributed by atoms with Gasteiger partial charge in [-0.05, 0) is 67.6 Å². The molecule has 0 unspecified atom stereocenters. The second kappa shape index (κ2) is 12.3. The van der Waals surface area contributed by atoms with Gasteiger partial charge in [0.25, 0.3) is 5.56 Å². The molecule has 0 aliphatic carbocycles. The van der Waals surface area contributed by atoms with E-state index >= 15 is 0 Å². The Morgan fingerprint density at radius 1 is 0.946 bits per heavy atom. The zero-order chi connectivity index (χ0) is 26.4. The first-order valence-electron chi connectivity index (χ1n) is 12.6. The normalized spacial score (nSPS) is 11.3. The van der Waals surface area contributed by atoms with E-state index in [2.05, 4.69) is 43.1 Å². The van der Waals surface area contributed by atoms with Crippen molar-refractivity contribution in [2.24, 2.45) is 0 Å². The highest BCUT2D eigenvalue weighted by Gasteiger charge is 2.18. The van der Waals surface area contributed by atoms with Crippen LogP contribution in [-0.4, -0.2) is 49.2 Å². The quantitative estimate of drug-likeness (QED) is 0.143. The predicted octanol–water partition coefficient (Wildman–Crippen LogP) is 5.85. The third kappa shape index (κ3) is 6.32. The summed E-state index contributed by atoms with van der Waals surface area (Å²) in [6.07, 6.45) is 1.69. The molecule has 0 saturated carbocycles. The Hall–Kier alpha value is -3.35. The molecular formula is C31H35N3O2S. The average molecular weight is 514 g/mol. The molecule has 4 aromatic rings. The van der Waals surface area contributed by atoms with Crippen LogP contribution in [0.4, 0.5) is 5.69 Å². The molecule has 192 valence electrons. The zero-order valence-corrected chi connectivity index (χ0v) is 22.9. The van der Waals surface area contributed by atoms with Crippen molar-refractivity contribution in [3.05, 3.63) is 105 Å². The molecular weight excluding hydrogens is 478 g/mol. The number of thioether (sulfide) groups is 1. The van der Waals surface area contributed by atoms with Crippen LogP contribution in [0.5, 0.6) is 0 Å². The molecule has 0 saturated heterocycles. The fraction of sp³-hybridized carbons (Fsp3) is 0.290. The van der Waals surface area contributed by atoms with E-state index in [1.165, 1.54) is 11.1 Å². The maximum atomic E-state index is 13.6. The van der Waals surface area contributed by atoms with Gasteiger partial charge >= 0.3 is 0 Å². The minimum Gasteiger partial charge on any atom is -0.378 e. The first-order chi connectivity index (χ1) is 17.9. The first-order valence-corrected chi connectivity index (χ1v) is 13.6. The van der Waals surface area contributed by atoms with E-state index in [1.54, 1.807) is 16.3 Å². The fourth-order valence-corrected chi connectivity index (χ4v) is 5.66. The summed E-state index contributed by atoms with van der Waals surface area (Å²) in [5, 5.41) is 0.946. The molecule has 4 rings (SSSR count). The number of anilines is 1. The van der Waals surface area contributed by atoms with Gasteiger partial charge in [-0.1, -0.05) is 54.6 Å². The van der Waals surface area contributed by atoms with Gasteiger partial charge in [-0.15, -0.1) is 11.8 Å². The molecule has 5 nitrogen and oxygen atoms in total. The summed E-state index contributed by atoms with van der Waals surface area (Å²) < 4.78 is 1.74. The lowest BCUT2D eigenvalue weighted by atomic mass is 10.1. The number of carbonyl (C=O) groups is 1. The molecule has 1 aromatic heterocycles. The predicted molar refractivity (Wildman–Crippen MR) is 156 cm³/mol. The number of carbonyl (C=O) groups excluding carboxylic acids is 1. The lowest BCUT2D eigenvalue weighted by molar-refractivity contribution is 0.111. The smallest absolute Gasteiger partial charge is 0.263 e. The largest absolute Gasteiger partial charge is 0.378 e. The van der Waals surface area contributed by atoms with Crippen LogP contribution in [0.25, 0.3) is 10.9 Å². The third-order valence-electron chi connectivity index (χ3n) is 6.69. The summed E-state index contributed by atoms with van der Waals surface area (Å²) in [4.78, 5) is 30.9. The molecule has 0 N–H and O–H groups in total. The highest BCUT2D eigenvalue weighted by molar-refractivity contribution is 7.99. The number of aromatic nitrogens is 1. The molecule has 0 atom stereocenters. The monoisotopic (exact) mass is 513 g/mol. The maximum absolute atomic E-state index is 13.6. The van der Waals surface area contributed by atoms with Gasteiger partial charge in [0.05, 0.1) is 17.6 Å². The fourth-order valence-electron chi connectivity index (χ4n) is 4.56. The van der Waals surface area contributed by atoms with Crippen LogP contribution in [0, 0.1) is 6.92 Å². The number of rotatable bonds is 11. The van der Waals surface area contributed by atoms with Gasteiger partial charge < -0.3 is 14.4 Å². The standard InChI is InChI=1S/C31H35N3O2S/c1-23-11-8-9-14-25(23)21-33(4)17-10-18-37-30-27-16-15-26(32(2)3)19-29(27)34(31(36)28(30)22-35)20-24-12-6-5-7-13-24/h5-9,11-16,19,22H,10,17-18,20-21H2,1-4H3. The van der Waals surface area contributed by atoms with Crippen LogP contribution >= 0.6 is 11.8 Å². The lowest BCUT2D eigenvalue weighted by Gasteiger charge is -2.20. The maximum Gasteiger partial charge on any atom is 0.263 e. The van der Waals surface area contributed by atoms with Crippen molar-refractivity contribution in [2.75, 3.05) is 38.3 Å². The molecule has 1 heterocycles.